The third-order valence-electron chi connectivity index (χ3n) is 3.26. The lowest BCUT2D eigenvalue weighted by Crippen LogP contribution is -2.07. The number of rotatable bonds is 7. The van der Waals surface area contributed by atoms with Gasteiger partial charge < -0.3 is 5.11 Å². The number of unbranched alkanes of at least 4 members (excludes halogenated alkanes) is 4. The second kappa shape index (κ2) is 8.03. The molecule has 1 atom stereocenters. The minimum atomic E-state index is -4.38. The molecule has 114 valence electrons. The van der Waals surface area contributed by atoms with E-state index >= 15 is 0 Å². The highest BCUT2D eigenvalue weighted by Crippen LogP contribution is 2.35. The zero-order valence-electron chi connectivity index (χ0n) is 11.5. The Kier molecular flexibility index (Phi) is 7.03. The molecule has 1 aromatic carbocycles. The number of hydrogen-bond acceptors (Lipinski definition) is 1. The Morgan fingerprint density at radius 3 is 2.40 bits per heavy atom. The van der Waals surface area contributed by atoms with Crippen LogP contribution in [-0.4, -0.2) is 5.11 Å². The van der Waals surface area contributed by atoms with Crippen molar-refractivity contribution in [2.75, 3.05) is 0 Å². The summed E-state index contributed by atoms with van der Waals surface area (Å²) < 4.78 is 38.5. The van der Waals surface area contributed by atoms with Crippen molar-refractivity contribution in [1.82, 2.24) is 0 Å². The fourth-order valence-corrected chi connectivity index (χ4v) is 2.58. The Morgan fingerprint density at radius 1 is 1.15 bits per heavy atom. The predicted octanol–water partition coefficient (Wildman–Crippen LogP) is 5.86. The smallest absolute Gasteiger partial charge is 0.388 e. The van der Waals surface area contributed by atoms with Crippen molar-refractivity contribution in [2.24, 2.45) is 0 Å². The largest absolute Gasteiger partial charge is 0.416 e. The molecule has 0 aromatic heterocycles. The van der Waals surface area contributed by atoms with Gasteiger partial charge in [-0.05, 0) is 30.2 Å². The van der Waals surface area contributed by atoms with Gasteiger partial charge in [0.25, 0.3) is 0 Å². The fourth-order valence-electron chi connectivity index (χ4n) is 2.07. The van der Waals surface area contributed by atoms with Gasteiger partial charge in [-0.25, -0.2) is 0 Å². The van der Waals surface area contributed by atoms with Gasteiger partial charge in [-0.3, -0.25) is 0 Å². The standard InChI is InChI=1S/C15H20BrF3O/c1-2-3-4-5-6-7-14(20)12-10-11(15(17,18)19)8-9-13(12)16/h8-10,14,20H,2-7H2,1H3. The summed E-state index contributed by atoms with van der Waals surface area (Å²) in [5.74, 6) is 0. The predicted molar refractivity (Wildman–Crippen MR) is 77.5 cm³/mol. The molecule has 0 amide bonds. The van der Waals surface area contributed by atoms with E-state index in [-0.39, 0.29) is 0 Å². The quantitative estimate of drug-likeness (QED) is 0.609. The Labute approximate surface area is 126 Å². The van der Waals surface area contributed by atoms with E-state index in [9.17, 15) is 18.3 Å². The van der Waals surface area contributed by atoms with Gasteiger partial charge in [0.05, 0.1) is 11.7 Å². The van der Waals surface area contributed by atoms with E-state index in [0.29, 0.717) is 16.5 Å². The van der Waals surface area contributed by atoms with E-state index in [1.54, 1.807) is 0 Å². The molecule has 0 radical (unpaired) electrons. The van der Waals surface area contributed by atoms with Crippen LogP contribution in [-0.2, 0) is 6.18 Å². The maximum absolute atomic E-state index is 12.7. The van der Waals surface area contributed by atoms with E-state index in [2.05, 4.69) is 22.9 Å². The summed E-state index contributed by atoms with van der Waals surface area (Å²) in [6.45, 7) is 2.12. The van der Waals surface area contributed by atoms with Crippen LogP contribution in [0.5, 0.6) is 0 Å². The van der Waals surface area contributed by atoms with E-state index in [4.69, 9.17) is 0 Å². The van der Waals surface area contributed by atoms with Crippen LogP contribution < -0.4 is 0 Å². The lowest BCUT2D eigenvalue weighted by Gasteiger charge is -2.15. The molecule has 0 saturated carbocycles. The van der Waals surface area contributed by atoms with E-state index < -0.39 is 17.8 Å². The third kappa shape index (κ3) is 5.44. The Hall–Kier alpha value is -0.550. The van der Waals surface area contributed by atoms with Crippen LogP contribution in [0.4, 0.5) is 13.2 Å². The molecular weight excluding hydrogens is 333 g/mol. The topological polar surface area (TPSA) is 20.2 Å². The summed E-state index contributed by atoms with van der Waals surface area (Å²) in [4.78, 5) is 0. The van der Waals surface area contributed by atoms with Gasteiger partial charge in [-0.2, -0.15) is 13.2 Å². The van der Waals surface area contributed by atoms with Gasteiger partial charge in [0.1, 0.15) is 0 Å². The molecule has 5 heteroatoms. The lowest BCUT2D eigenvalue weighted by molar-refractivity contribution is -0.137. The third-order valence-corrected chi connectivity index (χ3v) is 3.99. The highest BCUT2D eigenvalue weighted by Gasteiger charge is 2.31. The second-order valence-corrected chi connectivity index (χ2v) is 5.81. The van der Waals surface area contributed by atoms with Crippen molar-refractivity contribution < 1.29 is 18.3 Å². The first-order valence-electron chi connectivity index (χ1n) is 6.91. The minimum absolute atomic E-state index is 0.315. The van der Waals surface area contributed by atoms with Gasteiger partial charge in [0.2, 0.25) is 0 Å². The molecular formula is C15H20BrF3O. The number of aliphatic hydroxyl groups excluding tert-OH is 1. The molecule has 0 spiro atoms. The van der Waals surface area contributed by atoms with Gasteiger partial charge in [-0.15, -0.1) is 0 Å². The molecule has 1 rings (SSSR count). The lowest BCUT2D eigenvalue weighted by atomic mass is 10.0. The molecule has 0 heterocycles. The molecule has 0 aliphatic rings. The summed E-state index contributed by atoms with van der Waals surface area (Å²) in [5, 5.41) is 10.1. The van der Waals surface area contributed by atoms with Crippen molar-refractivity contribution in [1.29, 1.82) is 0 Å². The fraction of sp³-hybridized carbons (Fsp3) is 0.600. The normalized spacial score (nSPS) is 13.5. The maximum atomic E-state index is 12.7. The molecule has 1 N–H and O–H groups in total. The molecule has 1 nitrogen and oxygen atoms in total. The van der Waals surface area contributed by atoms with E-state index in [1.165, 1.54) is 6.07 Å². The molecule has 1 aromatic rings. The van der Waals surface area contributed by atoms with Crippen LogP contribution in [0.25, 0.3) is 0 Å². The maximum Gasteiger partial charge on any atom is 0.416 e. The molecule has 0 fully saturated rings. The summed E-state index contributed by atoms with van der Waals surface area (Å²) in [5.41, 5.74) is -0.406. The zero-order chi connectivity index (χ0) is 15.2. The zero-order valence-corrected chi connectivity index (χ0v) is 13.1. The molecule has 0 bridgehead atoms. The van der Waals surface area contributed by atoms with Crippen LogP contribution in [0.15, 0.2) is 22.7 Å². The van der Waals surface area contributed by atoms with E-state index in [1.807, 2.05) is 0 Å². The summed E-state index contributed by atoms with van der Waals surface area (Å²) in [6, 6.07) is 3.39. The Balaban J connectivity index is 2.65. The average Bonchev–Trinajstić information content (AvgIpc) is 2.37. The Morgan fingerprint density at radius 2 is 1.80 bits per heavy atom. The number of benzene rings is 1. The first kappa shape index (κ1) is 17.5. The van der Waals surface area contributed by atoms with Crippen LogP contribution in [0, 0.1) is 0 Å². The van der Waals surface area contributed by atoms with Gasteiger partial charge in [-0.1, -0.05) is 55.0 Å². The second-order valence-electron chi connectivity index (χ2n) is 4.95. The van der Waals surface area contributed by atoms with Crippen molar-refractivity contribution in [3.8, 4) is 0 Å². The van der Waals surface area contributed by atoms with Crippen LogP contribution in [0.2, 0.25) is 0 Å². The SMILES string of the molecule is CCCCCCCC(O)c1cc(C(F)(F)F)ccc1Br. The number of halogens is 4. The molecule has 0 aliphatic heterocycles. The van der Waals surface area contributed by atoms with Crippen molar-refractivity contribution in [2.45, 2.75) is 57.7 Å². The molecule has 1 unspecified atom stereocenters. The minimum Gasteiger partial charge on any atom is -0.388 e. The highest BCUT2D eigenvalue weighted by molar-refractivity contribution is 9.10. The van der Waals surface area contributed by atoms with Gasteiger partial charge in [0, 0.05) is 4.47 Å². The van der Waals surface area contributed by atoms with Crippen molar-refractivity contribution in [3.05, 3.63) is 33.8 Å². The first-order chi connectivity index (χ1) is 9.36. The van der Waals surface area contributed by atoms with Crippen LogP contribution in [0.3, 0.4) is 0 Å². The summed E-state index contributed by atoms with van der Waals surface area (Å²) in [7, 11) is 0. The first-order valence-corrected chi connectivity index (χ1v) is 7.70. The average molecular weight is 353 g/mol. The number of alkyl halides is 3. The van der Waals surface area contributed by atoms with Crippen LogP contribution in [0.1, 0.15) is 62.7 Å². The van der Waals surface area contributed by atoms with E-state index in [0.717, 1.165) is 44.2 Å². The summed E-state index contributed by atoms with van der Waals surface area (Å²) >= 11 is 3.20. The Bertz CT molecular complexity index is 418. The van der Waals surface area contributed by atoms with Crippen molar-refractivity contribution >= 4 is 15.9 Å². The van der Waals surface area contributed by atoms with Gasteiger partial charge in [0.15, 0.2) is 0 Å². The molecule has 0 aliphatic carbocycles. The summed E-state index contributed by atoms with van der Waals surface area (Å²) in [6.07, 6.45) is 0.483. The molecule has 20 heavy (non-hydrogen) atoms. The monoisotopic (exact) mass is 352 g/mol. The van der Waals surface area contributed by atoms with Gasteiger partial charge >= 0.3 is 6.18 Å². The molecule has 0 saturated heterocycles. The van der Waals surface area contributed by atoms with Crippen LogP contribution >= 0.6 is 15.9 Å². The number of hydrogen-bond donors (Lipinski definition) is 1. The number of aliphatic hydroxyl groups is 1. The highest BCUT2D eigenvalue weighted by atomic mass is 79.9. The van der Waals surface area contributed by atoms with Crippen molar-refractivity contribution in [3.63, 3.8) is 0 Å².